The maximum Gasteiger partial charge on any atom is 0.533 e. The monoisotopic (exact) mass is 732 g/mol. The summed E-state index contributed by atoms with van der Waals surface area (Å²) in [4.78, 5) is 66.5. The predicted octanol–water partition coefficient (Wildman–Crippen LogP) is 5.15. The molecule has 1 aliphatic carbocycles. The summed E-state index contributed by atoms with van der Waals surface area (Å²) in [6.45, 7) is 0.219. The molecule has 4 N–H and O–H groups in total. The molecule has 19 heteroatoms. The molecule has 4 amide bonds. The molecular weight excluding hydrogens is 700 g/mol. The van der Waals surface area contributed by atoms with Gasteiger partial charge in [0.05, 0.1) is 24.9 Å². The third-order valence-electron chi connectivity index (χ3n) is 7.15. The molecule has 0 bridgehead atoms. The molecule has 0 spiro atoms. The van der Waals surface area contributed by atoms with E-state index in [4.69, 9.17) is 23.4 Å². The van der Waals surface area contributed by atoms with Crippen LogP contribution >= 0.6 is 39.0 Å². The number of nitrogens with zero attached hydrogens (tertiary/aromatic N) is 1. The van der Waals surface area contributed by atoms with E-state index in [1.807, 2.05) is 24.3 Å². The minimum Gasteiger partial charge on any atom is -0.432 e. The van der Waals surface area contributed by atoms with Gasteiger partial charge in [-0.2, -0.15) is 4.20 Å². The van der Waals surface area contributed by atoms with Crippen LogP contribution in [0.5, 0.6) is 0 Å². The number of hydrogen-bond donors (Lipinski definition) is 3. The lowest BCUT2D eigenvalue weighted by atomic mass is 9.95. The van der Waals surface area contributed by atoms with E-state index in [-0.39, 0.29) is 64.0 Å². The first kappa shape index (κ1) is 36.9. The van der Waals surface area contributed by atoms with Crippen molar-refractivity contribution in [2.75, 3.05) is 32.9 Å². The number of imide groups is 1. The molecule has 3 unspecified atom stereocenters. The van der Waals surface area contributed by atoms with Crippen molar-refractivity contribution in [3.05, 3.63) is 58.7 Å². The number of nitrogens with one attached hydrogen (secondary N) is 2. The average Bonchev–Trinajstić information content (AvgIpc) is 3.56. The number of carbonyl (C=O) groups is 5. The van der Waals surface area contributed by atoms with Gasteiger partial charge in [0.15, 0.2) is 8.09 Å². The van der Waals surface area contributed by atoms with E-state index in [0.29, 0.717) is 57.8 Å². The molecule has 1 fully saturated rings. The summed E-state index contributed by atoms with van der Waals surface area (Å²) in [6.07, 6.45) is -0.0787. The van der Waals surface area contributed by atoms with Gasteiger partial charge in [-0.15, -0.1) is 0 Å². The first-order valence-electron chi connectivity index (χ1n) is 14.3. The molecule has 3 atom stereocenters. The number of hydroxylamine groups is 2. The summed E-state index contributed by atoms with van der Waals surface area (Å²) in [6, 6.07) is 10.9. The summed E-state index contributed by atoms with van der Waals surface area (Å²) >= 11 is 1.16. The summed E-state index contributed by atoms with van der Waals surface area (Å²) < 4.78 is 40.6. The highest BCUT2D eigenvalue weighted by Crippen LogP contribution is 2.48. The Balaban J connectivity index is 1.46. The van der Waals surface area contributed by atoms with Gasteiger partial charge in [-0.1, -0.05) is 35.4 Å². The molecule has 47 heavy (non-hydrogen) atoms. The Morgan fingerprint density at radius 3 is 2.57 bits per heavy atom. The average molecular weight is 733 g/mol. The second-order valence-electron chi connectivity index (χ2n) is 10.1. The molecular formula is C28H32F2N4O9P2S2. The maximum atomic E-state index is 13.2. The summed E-state index contributed by atoms with van der Waals surface area (Å²) in [5.74, 6) is -2.39. The molecule has 0 saturated carbocycles. The number of nitrogens with two attached hydrogens (primary N) is 1. The van der Waals surface area contributed by atoms with Crippen LogP contribution in [0.4, 0.5) is 13.2 Å². The third kappa shape index (κ3) is 10.3. The SMILES string of the molecule is NSP(F)OCCNC(=O)CCCc1ccc2c(c1)C(COC(=O)ON1C(=O)CCC1=O)c1cccc(C(=O)NCCOSPF)c1-2. The van der Waals surface area contributed by atoms with Crippen molar-refractivity contribution in [2.24, 2.45) is 5.14 Å². The Kier molecular flexibility index (Phi) is 14.6. The van der Waals surface area contributed by atoms with E-state index in [2.05, 4.69) is 10.6 Å². The fourth-order valence-electron chi connectivity index (χ4n) is 5.14. The number of carbonyl (C=O) groups excluding carboxylic acids is 5. The normalized spacial score (nSPS) is 15.9. The molecule has 2 aromatic rings. The zero-order valence-corrected chi connectivity index (χ0v) is 28.4. The summed E-state index contributed by atoms with van der Waals surface area (Å²) in [5.41, 5.74) is 4.14. The second kappa shape index (κ2) is 18.6. The molecule has 0 aromatic heterocycles. The Hall–Kier alpha value is -2.91. The number of amides is 4. The van der Waals surface area contributed by atoms with Gasteiger partial charge in [-0.25, -0.2) is 8.99 Å². The van der Waals surface area contributed by atoms with E-state index in [1.54, 1.807) is 12.1 Å². The van der Waals surface area contributed by atoms with Gasteiger partial charge < -0.3 is 24.1 Å². The van der Waals surface area contributed by atoms with Crippen LogP contribution in [-0.4, -0.2) is 67.8 Å². The van der Waals surface area contributed by atoms with Crippen molar-refractivity contribution < 1.29 is 50.6 Å². The molecule has 0 radical (unpaired) electrons. The summed E-state index contributed by atoms with van der Waals surface area (Å²) in [5, 5.41) is 10.9. The van der Waals surface area contributed by atoms with Crippen LogP contribution in [0.15, 0.2) is 36.4 Å². The highest BCUT2D eigenvalue weighted by atomic mass is 32.7. The molecule has 1 saturated heterocycles. The fraction of sp³-hybridized carbons (Fsp3) is 0.393. The zero-order valence-electron chi connectivity index (χ0n) is 24.8. The minimum atomic E-state index is -2.26. The van der Waals surface area contributed by atoms with E-state index >= 15 is 0 Å². The van der Waals surface area contributed by atoms with Crippen molar-refractivity contribution in [1.82, 2.24) is 15.7 Å². The number of benzene rings is 2. The molecule has 2 aromatic carbocycles. The van der Waals surface area contributed by atoms with Crippen LogP contribution in [0.2, 0.25) is 0 Å². The molecule has 1 aliphatic heterocycles. The Morgan fingerprint density at radius 2 is 1.83 bits per heavy atom. The molecule has 4 rings (SSSR count). The van der Waals surface area contributed by atoms with Gasteiger partial charge in [-0.3, -0.25) is 29.2 Å². The van der Waals surface area contributed by atoms with E-state index < -0.39 is 39.6 Å². The van der Waals surface area contributed by atoms with Crippen LogP contribution in [0, 0.1) is 0 Å². The van der Waals surface area contributed by atoms with Crippen molar-refractivity contribution in [3.8, 4) is 11.1 Å². The standard InChI is InChI=1S/C28H32F2N4O9P2S2/c29-44-47-42-14-12-33-27(38)20-5-2-4-18-22(16-40-28(39)43-34-24(36)9-10-25(34)37)21-15-17(7-8-19(21)26(18)20)3-1-6-23(35)32-11-13-41-45(30)46-31/h2,4-5,7-8,15,22,44H,1,3,6,9-14,16,31H2,(H,32,35)(H,33,38). The van der Waals surface area contributed by atoms with Gasteiger partial charge >= 0.3 is 6.16 Å². The van der Waals surface area contributed by atoms with Crippen LogP contribution < -0.4 is 15.8 Å². The minimum absolute atomic E-state index is 0.0114. The maximum absolute atomic E-state index is 13.2. The predicted molar refractivity (Wildman–Crippen MR) is 174 cm³/mol. The van der Waals surface area contributed by atoms with Gasteiger partial charge in [0.1, 0.15) is 6.61 Å². The Bertz CT molecular complexity index is 1460. The lowest BCUT2D eigenvalue weighted by Gasteiger charge is -2.17. The smallest absolute Gasteiger partial charge is 0.432 e. The highest BCUT2D eigenvalue weighted by molar-refractivity contribution is 8.51. The van der Waals surface area contributed by atoms with Crippen molar-refractivity contribution in [1.29, 1.82) is 0 Å². The number of hydrogen-bond acceptors (Lipinski definition) is 12. The van der Waals surface area contributed by atoms with Gasteiger partial charge in [0, 0.05) is 55.4 Å². The molecule has 2 aliphatic rings. The highest BCUT2D eigenvalue weighted by Gasteiger charge is 2.36. The Labute approximate surface area is 280 Å². The fourth-order valence-corrected chi connectivity index (χ4v) is 6.43. The van der Waals surface area contributed by atoms with Crippen molar-refractivity contribution >= 4 is 68.8 Å². The molecule has 1 heterocycles. The second-order valence-corrected chi connectivity index (χ2v) is 14.0. The molecule has 254 valence electrons. The van der Waals surface area contributed by atoms with Crippen molar-refractivity contribution in [2.45, 2.75) is 38.0 Å². The number of aryl methyl sites for hydroxylation is 1. The first-order chi connectivity index (χ1) is 22.7. The number of rotatable bonds is 18. The number of halogens is 2. The van der Waals surface area contributed by atoms with Crippen LogP contribution in [0.25, 0.3) is 11.1 Å². The first-order valence-corrected chi connectivity index (χ1v) is 19.3. The van der Waals surface area contributed by atoms with Crippen LogP contribution in [-0.2, 0) is 39.1 Å². The van der Waals surface area contributed by atoms with E-state index in [9.17, 15) is 32.4 Å². The van der Waals surface area contributed by atoms with Crippen LogP contribution in [0.1, 0.15) is 58.6 Å². The van der Waals surface area contributed by atoms with Crippen LogP contribution in [0.3, 0.4) is 0 Å². The largest absolute Gasteiger partial charge is 0.533 e. The third-order valence-corrected chi connectivity index (χ3v) is 9.40. The summed E-state index contributed by atoms with van der Waals surface area (Å²) in [7, 11) is -3.19. The number of ether oxygens (including phenoxy) is 1. The Morgan fingerprint density at radius 1 is 1.06 bits per heavy atom. The van der Waals surface area contributed by atoms with Gasteiger partial charge in [0.25, 0.3) is 25.4 Å². The van der Waals surface area contributed by atoms with E-state index in [1.165, 1.54) is 0 Å². The lowest BCUT2D eigenvalue weighted by molar-refractivity contribution is -0.177. The van der Waals surface area contributed by atoms with Gasteiger partial charge in [0.2, 0.25) is 5.91 Å². The quantitative estimate of drug-likeness (QED) is 0.0460. The van der Waals surface area contributed by atoms with E-state index in [0.717, 1.165) is 16.7 Å². The lowest BCUT2D eigenvalue weighted by Crippen LogP contribution is -2.32. The zero-order chi connectivity index (χ0) is 33.8. The topological polar surface area (TPSA) is 176 Å². The number of fused-ring (bicyclic) bond motifs is 3. The van der Waals surface area contributed by atoms with Crippen molar-refractivity contribution in [3.63, 3.8) is 0 Å². The molecule has 13 nitrogen and oxygen atoms in total. The van der Waals surface area contributed by atoms with Gasteiger partial charge in [-0.05, 0) is 46.7 Å².